The molecule has 2 heterocycles. The van der Waals surface area contributed by atoms with Crippen LogP contribution >= 0.6 is 0 Å². The molecular formula is C19H17F5N4O2. The van der Waals surface area contributed by atoms with Crippen LogP contribution < -0.4 is 10.9 Å². The molecule has 0 fully saturated rings. The number of aromatic nitrogens is 3. The summed E-state index contributed by atoms with van der Waals surface area (Å²) in [4.78, 5) is 24.5. The van der Waals surface area contributed by atoms with Gasteiger partial charge < -0.3 is 5.32 Å². The number of rotatable bonds is 6. The third kappa shape index (κ3) is 4.34. The number of benzene rings is 1. The molecule has 2 aromatic heterocycles. The van der Waals surface area contributed by atoms with E-state index in [1.807, 2.05) is 0 Å². The predicted molar refractivity (Wildman–Crippen MR) is 99.3 cm³/mol. The number of hydrogen-bond acceptors (Lipinski definition) is 3. The summed E-state index contributed by atoms with van der Waals surface area (Å²) in [6.45, 7) is 1.88. The van der Waals surface area contributed by atoms with Crippen LogP contribution in [0.15, 0.2) is 41.3 Å². The summed E-state index contributed by atoms with van der Waals surface area (Å²) in [6, 6.07) is 5.28. The molecule has 11 heteroatoms. The number of alkyl halides is 5. The van der Waals surface area contributed by atoms with Crippen molar-refractivity contribution in [3.8, 4) is 0 Å². The first-order valence-corrected chi connectivity index (χ1v) is 8.97. The Hall–Kier alpha value is -3.24. The van der Waals surface area contributed by atoms with E-state index in [0.717, 1.165) is 22.8 Å². The first kappa shape index (κ1) is 21.5. The van der Waals surface area contributed by atoms with Crippen LogP contribution in [0.5, 0.6) is 0 Å². The van der Waals surface area contributed by atoms with Crippen molar-refractivity contribution in [2.45, 2.75) is 39.0 Å². The Morgan fingerprint density at radius 3 is 2.57 bits per heavy atom. The second kappa shape index (κ2) is 8.25. The number of pyridine rings is 1. The summed E-state index contributed by atoms with van der Waals surface area (Å²) in [5.41, 5.74) is -2.66. The van der Waals surface area contributed by atoms with Crippen molar-refractivity contribution in [3.05, 3.63) is 58.0 Å². The number of fused-ring (bicyclic) bond motifs is 1. The van der Waals surface area contributed by atoms with Crippen LogP contribution in [0.1, 0.15) is 30.9 Å². The SMILES string of the molecule is CCn1cc2c(C(F)F)cc(=O)n(CCC(=O)Nc3ccccc3C(F)(F)F)c2n1. The molecule has 3 aromatic rings. The summed E-state index contributed by atoms with van der Waals surface area (Å²) in [6.07, 6.45) is -6.50. The monoisotopic (exact) mass is 428 g/mol. The maximum absolute atomic E-state index is 13.3. The fourth-order valence-corrected chi connectivity index (χ4v) is 3.03. The number of anilines is 1. The minimum Gasteiger partial charge on any atom is -0.325 e. The number of para-hydroxylation sites is 1. The van der Waals surface area contributed by atoms with Crippen LogP contribution in [0.3, 0.4) is 0 Å². The van der Waals surface area contributed by atoms with Gasteiger partial charge in [-0.25, -0.2) is 8.78 Å². The minimum absolute atomic E-state index is 0.0110. The van der Waals surface area contributed by atoms with Gasteiger partial charge in [0.2, 0.25) is 5.91 Å². The molecule has 1 amide bonds. The molecule has 0 saturated carbocycles. The van der Waals surface area contributed by atoms with E-state index >= 15 is 0 Å². The van der Waals surface area contributed by atoms with Gasteiger partial charge in [-0.3, -0.25) is 18.8 Å². The molecular weight excluding hydrogens is 411 g/mol. The maximum Gasteiger partial charge on any atom is 0.418 e. The van der Waals surface area contributed by atoms with Crippen LogP contribution in [0.4, 0.5) is 27.6 Å². The van der Waals surface area contributed by atoms with E-state index in [1.165, 1.54) is 23.0 Å². The molecule has 0 aliphatic carbocycles. The van der Waals surface area contributed by atoms with Crippen molar-refractivity contribution in [1.82, 2.24) is 14.3 Å². The van der Waals surface area contributed by atoms with Crippen LogP contribution in [-0.4, -0.2) is 20.3 Å². The van der Waals surface area contributed by atoms with Crippen molar-refractivity contribution < 1.29 is 26.7 Å². The molecule has 0 atom stereocenters. The first-order chi connectivity index (χ1) is 14.1. The molecule has 0 radical (unpaired) electrons. The lowest BCUT2D eigenvalue weighted by atomic mass is 10.1. The van der Waals surface area contributed by atoms with Gasteiger partial charge in [-0.2, -0.15) is 18.3 Å². The van der Waals surface area contributed by atoms with E-state index in [1.54, 1.807) is 6.92 Å². The molecule has 1 aromatic carbocycles. The lowest BCUT2D eigenvalue weighted by molar-refractivity contribution is -0.137. The Balaban J connectivity index is 1.85. The molecule has 0 unspecified atom stereocenters. The molecule has 6 nitrogen and oxygen atoms in total. The topological polar surface area (TPSA) is 68.9 Å². The molecule has 3 rings (SSSR count). The molecule has 0 spiro atoms. The second-order valence-corrected chi connectivity index (χ2v) is 6.45. The van der Waals surface area contributed by atoms with Gasteiger partial charge in [-0.1, -0.05) is 12.1 Å². The molecule has 160 valence electrons. The Kier molecular flexibility index (Phi) is 5.90. The molecule has 0 bridgehead atoms. The quantitative estimate of drug-likeness (QED) is 0.599. The van der Waals surface area contributed by atoms with E-state index < -0.39 is 40.9 Å². The Bertz CT molecular complexity index is 1130. The smallest absolute Gasteiger partial charge is 0.325 e. The lowest BCUT2D eigenvalue weighted by Gasteiger charge is -2.14. The number of hydrogen-bond donors (Lipinski definition) is 1. The van der Waals surface area contributed by atoms with Crippen molar-refractivity contribution in [2.75, 3.05) is 5.32 Å². The van der Waals surface area contributed by atoms with Gasteiger partial charge >= 0.3 is 6.18 Å². The first-order valence-electron chi connectivity index (χ1n) is 8.97. The zero-order chi connectivity index (χ0) is 22.1. The summed E-state index contributed by atoms with van der Waals surface area (Å²) >= 11 is 0. The van der Waals surface area contributed by atoms with Crippen LogP contribution in [0.2, 0.25) is 0 Å². The summed E-state index contributed by atoms with van der Waals surface area (Å²) < 4.78 is 68.1. The lowest BCUT2D eigenvalue weighted by Crippen LogP contribution is -2.24. The number of nitrogens with zero attached hydrogens (tertiary/aromatic N) is 3. The highest BCUT2D eigenvalue weighted by molar-refractivity contribution is 5.91. The van der Waals surface area contributed by atoms with Gasteiger partial charge in [0, 0.05) is 42.7 Å². The minimum atomic E-state index is -4.65. The Morgan fingerprint density at radius 1 is 1.23 bits per heavy atom. The summed E-state index contributed by atoms with van der Waals surface area (Å²) in [5.74, 6) is -0.764. The number of aryl methyl sites for hydroxylation is 2. The van der Waals surface area contributed by atoms with Crippen molar-refractivity contribution in [1.29, 1.82) is 0 Å². The highest BCUT2D eigenvalue weighted by atomic mass is 19.4. The molecule has 30 heavy (non-hydrogen) atoms. The second-order valence-electron chi connectivity index (χ2n) is 6.45. The normalized spacial score (nSPS) is 12.0. The van der Waals surface area contributed by atoms with E-state index in [9.17, 15) is 31.5 Å². The average Bonchev–Trinajstić information content (AvgIpc) is 3.10. The molecule has 0 saturated heterocycles. The Morgan fingerprint density at radius 2 is 1.93 bits per heavy atom. The highest BCUT2D eigenvalue weighted by Gasteiger charge is 2.33. The standard InChI is InChI=1S/C19H17F5N4O2/c1-2-27-10-12-11(17(20)21)9-16(30)28(18(12)26-27)8-7-15(29)25-14-6-4-3-5-13(14)19(22,23)24/h3-6,9-10,17H,2,7-8H2,1H3,(H,25,29). The van der Waals surface area contributed by atoms with Crippen molar-refractivity contribution in [3.63, 3.8) is 0 Å². The Labute approximate surface area is 166 Å². The largest absolute Gasteiger partial charge is 0.418 e. The number of halogens is 5. The highest BCUT2D eigenvalue weighted by Crippen LogP contribution is 2.34. The molecule has 0 aliphatic rings. The van der Waals surface area contributed by atoms with E-state index in [0.29, 0.717) is 6.54 Å². The van der Waals surface area contributed by atoms with Crippen LogP contribution in [0, 0.1) is 0 Å². The number of carbonyl (C=O) groups is 1. The van der Waals surface area contributed by atoms with Gasteiger partial charge in [0.25, 0.3) is 12.0 Å². The number of nitrogens with one attached hydrogen (secondary N) is 1. The fraction of sp³-hybridized carbons (Fsp3) is 0.316. The average molecular weight is 428 g/mol. The predicted octanol–water partition coefficient (Wildman–Crippen LogP) is 4.20. The molecule has 1 N–H and O–H groups in total. The third-order valence-corrected chi connectivity index (χ3v) is 4.48. The zero-order valence-electron chi connectivity index (χ0n) is 15.7. The summed E-state index contributed by atoms with van der Waals surface area (Å²) in [7, 11) is 0. The van der Waals surface area contributed by atoms with Crippen molar-refractivity contribution in [2.24, 2.45) is 0 Å². The van der Waals surface area contributed by atoms with Gasteiger partial charge in [-0.15, -0.1) is 0 Å². The number of carbonyl (C=O) groups excluding carboxylic acids is 1. The van der Waals surface area contributed by atoms with Crippen LogP contribution in [0.25, 0.3) is 11.0 Å². The van der Waals surface area contributed by atoms with E-state index in [4.69, 9.17) is 0 Å². The van der Waals surface area contributed by atoms with E-state index in [-0.39, 0.29) is 24.0 Å². The van der Waals surface area contributed by atoms with Gasteiger partial charge in [0.05, 0.1) is 11.3 Å². The fourth-order valence-electron chi connectivity index (χ4n) is 3.03. The van der Waals surface area contributed by atoms with E-state index in [2.05, 4.69) is 10.4 Å². The summed E-state index contributed by atoms with van der Waals surface area (Å²) in [5, 5.41) is 6.37. The zero-order valence-corrected chi connectivity index (χ0v) is 15.7. The van der Waals surface area contributed by atoms with Crippen LogP contribution in [-0.2, 0) is 24.1 Å². The van der Waals surface area contributed by atoms with Gasteiger partial charge in [0.1, 0.15) is 0 Å². The third-order valence-electron chi connectivity index (χ3n) is 4.48. The molecule has 0 aliphatic heterocycles. The van der Waals surface area contributed by atoms with Gasteiger partial charge in [0.15, 0.2) is 5.65 Å². The van der Waals surface area contributed by atoms with Gasteiger partial charge in [-0.05, 0) is 19.1 Å². The maximum atomic E-state index is 13.3. The number of amides is 1. The van der Waals surface area contributed by atoms with Crippen molar-refractivity contribution >= 4 is 22.6 Å².